The van der Waals surface area contributed by atoms with Gasteiger partial charge in [0.05, 0.1) is 29.7 Å². The number of β-lactam (4-membered cyclic amide) rings is 1. The van der Waals surface area contributed by atoms with Gasteiger partial charge in [-0.15, -0.1) is 11.8 Å². The number of aliphatic carboxylic acids is 1. The largest absolute Gasteiger partial charge is 1.00 e. The molecule has 0 spiro atoms. The van der Waals surface area contributed by atoms with Crippen LogP contribution in [0.25, 0.3) is 0 Å². The number of rotatable bonds is 7. The number of aliphatic hydroxyl groups excluding tert-OH is 1. The third-order valence-corrected chi connectivity index (χ3v) is 7.90. The van der Waals surface area contributed by atoms with E-state index in [-0.39, 0.29) is 69.8 Å². The van der Waals surface area contributed by atoms with Crippen LogP contribution in [0.1, 0.15) is 30.6 Å². The molecule has 0 bridgehead atoms. The molecule has 34 heavy (non-hydrogen) atoms. The van der Waals surface area contributed by atoms with Gasteiger partial charge in [0.2, 0.25) is 11.8 Å². The number of benzene rings is 1. The van der Waals surface area contributed by atoms with Gasteiger partial charge in [0, 0.05) is 28.3 Å². The Labute approximate surface area is 222 Å². The van der Waals surface area contributed by atoms with E-state index in [1.807, 2.05) is 6.92 Å². The topological polar surface area (TPSA) is 156 Å². The number of aliphatic hydroxyl groups is 1. The molecule has 6 atom stereocenters. The normalized spacial score (nSPS) is 28.6. The summed E-state index contributed by atoms with van der Waals surface area (Å²) in [6.45, 7) is 3.87. The second-order valence-electron chi connectivity index (χ2n) is 8.58. The molecule has 12 heteroatoms. The van der Waals surface area contributed by atoms with Crippen LogP contribution < -0.4 is 40.2 Å². The van der Waals surface area contributed by atoms with Gasteiger partial charge in [0.25, 0.3) is 0 Å². The fourth-order valence-corrected chi connectivity index (χ4v) is 6.29. The molecule has 10 nitrogen and oxygen atoms in total. The molecule has 0 unspecified atom stereocenters. The number of thioether (sulfide) groups is 1. The van der Waals surface area contributed by atoms with Gasteiger partial charge in [0.1, 0.15) is 5.70 Å². The Bertz CT molecular complexity index is 1060. The molecule has 0 saturated carbocycles. The minimum absolute atomic E-state index is 0. The van der Waals surface area contributed by atoms with Crippen LogP contribution in [0, 0.1) is 11.8 Å². The number of amides is 2. The molecule has 4 rings (SSSR count). The molecule has 2 amide bonds. The molecule has 1 aromatic carbocycles. The van der Waals surface area contributed by atoms with Crippen LogP contribution in [-0.4, -0.2) is 74.0 Å². The predicted molar refractivity (Wildman–Crippen MR) is 119 cm³/mol. The first kappa shape index (κ1) is 26.7. The smallest absolute Gasteiger partial charge is 0.478 e. The Balaban J connectivity index is 0.00000324. The number of nitrogens with zero attached hydrogens (tertiary/aromatic N) is 1. The molecular weight excluding hydrogens is 473 g/mol. The van der Waals surface area contributed by atoms with Crippen LogP contribution in [0.15, 0.2) is 34.9 Å². The summed E-state index contributed by atoms with van der Waals surface area (Å²) in [4.78, 5) is 50.1. The van der Waals surface area contributed by atoms with E-state index >= 15 is 0 Å². The molecule has 1 aromatic rings. The van der Waals surface area contributed by atoms with Crippen molar-refractivity contribution < 1.29 is 64.1 Å². The van der Waals surface area contributed by atoms with Crippen molar-refractivity contribution in [2.45, 2.75) is 43.7 Å². The van der Waals surface area contributed by atoms with Crippen LogP contribution in [0.2, 0.25) is 0 Å². The van der Waals surface area contributed by atoms with Gasteiger partial charge in [-0.25, -0.2) is 9.59 Å². The van der Waals surface area contributed by atoms with Gasteiger partial charge in [-0.3, -0.25) is 9.59 Å². The fraction of sp³-hybridized carbons (Fsp3) is 0.455. The Morgan fingerprint density at radius 2 is 1.94 bits per heavy atom. The van der Waals surface area contributed by atoms with E-state index in [1.165, 1.54) is 35.7 Å². The second kappa shape index (κ2) is 10.4. The Hall–Kier alpha value is -1.89. The molecule has 0 aliphatic carbocycles. The Morgan fingerprint density at radius 3 is 2.56 bits per heavy atom. The first-order valence-corrected chi connectivity index (χ1v) is 11.5. The van der Waals surface area contributed by atoms with E-state index in [0.717, 1.165) is 0 Å². The Kier molecular flexibility index (Phi) is 8.16. The maximum Gasteiger partial charge on any atom is 1.00 e. The van der Waals surface area contributed by atoms with Crippen molar-refractivity contribution in [3.8, 4) is 0 Å². The maximum atomic E-state index is 12.7. The van der Waals surface area contributed by atoms with Crippen molar-refractivity contribution in [2.24, 2.45) is 11.8 Å². The summed E-state index contributed by atoms with van der Waals surface area (Å²) in [5, 5.41) is 34.6. The average molecular weight is 499 g/mol. The zero-order valence-corrected chi connectivity index (χ0v) is 21.8. The number of fused-ring (bicyclic) bond motifs is 1. The van der Waals surface area contributed by atoms with Crippen LogP contribution >= 0.6 is 11.8 Å². The van der Waals surface area contributed by atoms with Crippen LogP contribution in [0.5, 0.6) is 0 Å². The van der Waals surface area contributed by atoms with Crippen molar-refractivity contribution >= 4 is 41.2 Å². The molecule has 5 N–H and O–H groups in total. The number of carboxylic acid groups (broad SMARTS) is 2. The summed E-state index contributed by atoms with van der Waals surface area (Å²) >= 11 is 1.36. The van der Waals surface area contributed by atoms with E-state index < -0.39 is 30.0 Å². The van der Waals surface area contributed by atoms with Gasteiger partial charge in [0.15, 0.2) is 0 Å². The zero-order valence-electron chi connectivity index (χ0n) is 19.0. The first-order chi connectivity index (χ1) is 15.6. The molecule has 3 heterocycles. The SMILES string of the molecule is C[C@@H](O)[C@H]1C(=O)N2C(C(=O)O)=C(S[C@@H]3CN[C@H](C(=O)Nc4cccc(C(=O)O)c4)C3)[C@H](C)[C@@H]12.[Na+]. The van der Waals surface area contributed by atoms with Crippen molar-refractivity contribution in [1.29, 1.82) is 0 Å². The quantitative estimate of drug-likeness (QED) is 0.211. The van der Waals surface area contributed by atoms with E-state index in [1.54, 1.807) is 12.1 Å². The maximum absolute atomic E-state index is 12.7. The molecule has 0 aromatic heterocycles. The molecule has 0 radical (unpaired) electrons. The number of nitrogens with one attached hydrogen (secondary N) is 2. The van der Waals surface area contributed by atoms with Crippen molar-refractivity contribution in [3.63, 3.8) is 0 Å². The molecule has 176 valence electrons. The summed E-state index contributed by atoms with van der Waals surface area (Å²) in [7, 11) is 0. The molecule has 2 saturated heterocycles. The summed E-state index contributed by atoms with van der Waals surface area (Å²) in [6.07, 6.45) is -0.419. The number of aromatic carboxylic acids is 1. The van der Waals surface area contributed by atoms with E-state index in [2.05, 4.69) is 10.6 Å². The number of anilines is 1. The van der Waals surface area contributed by atoms with E-state index in [4.69, 9.17) is 5.11 Å². The third kappa shape index (κ3) is 4.77. The number of carbonyl (C=O) groups is 4. The number of carboxylic acids is 2. The van der Waals surface area contributed by atoms with Crippen LogP contribution in [0.4, 0.5) is 5.69 Å². The minimum atomic E-state index is -1.18. The van der Waals surface area contributed by atoms with Gasteiger partial charge < -0.3 is 30.9 Å². The number of hydrogen-bond acceptors (Lipinski definition) is 7. The van der Waals surface area contributed by atoms with Crippen molar-refractivity contribution in [3.05, 3.63) is 40.4 Å². The van der Waals surface area contributed by atoms with Crippen molar-refractivity contribution in [2.75, 3.05) is 11.9 Å². The predicted octanol–water partition coefficient (Wildman–Crippen LogP) is -2.06. The fourth-order valence-electron chi connectivity index (χ4n) is 4.81. The molecule has 2 fully saturated rings. The average Bonchev–Trinajstić information content (AvgIpc) is 3.30. The van der Waals surface area contributed by atoms with Crippen molar-refractivity contribution in [1.82, 2.24) is 10.2 Å². The Morgan fingerprint density at radius 1 is 1.24 bits per heavy atom. The summed E-state index contributed by atoms with van der Waals surface area (Å²) < 4.78 is 0. The number of hydrogen-bond donors (Lipinski definition) is 5. The van der Waals surface area contributed by atoms with Crippen LogP contribution in [0.3, 0.4) is 0 Å². The van der Waals surface area contributed by atoms with Gasteiger partial charge in [-0.05, 0) is 31.5 Å². The van der Waals surface area contributed by atoms with Gasteiger partial charge >= 0.3 is 41.5 Å². The zero-order chi connectivity index (χ0) is 24.0. The summed E-state index contributed by atoms with van der Waals surface area (Å²) in [6, 6.07) is 5.07. The summed E-state index contributed by atoms with van der Waals surface area (Å²) in [5.74, 6) is -3.79. The van der Waals surface area contributed by atoms with E-state index in [0.29, 0.717) is 23.6 Å². The van der Waals surface area contributed by atoms with Crippen LogP contribution in [-0.2, 0) is 14.4 Å². The van der Waals surface area contributed by atoms with Gasteiger partial charge in [-0.2, -0.15) is 0 Å². The molecule has 3 aliphatic heterocycles. The second-order valence-corrected chi connectivity index (χ2v) is 9.93. The summed E-state index contributed by atoms with van der Waals surface area (Å²) in [5.41, 5.74) is 0.418. The first-order valence-electron chi connectivity index (χ1n) is 10.6. The minimum Gasteiger partial charge on any atom is -0.478 e. The van der Waals surface area contributed by atoms with E-state index in [9.17, 15) is 29.4 Å². The molecular formula is C22H25N3NaO7S+. The molecule has 3 aliphatic rings. The standard InChI is InChI=1S/C22H25N3O7S.Na/c1-9-16-15(10(2)26)20(28)25(16)17(22(31)32)18(9)33-13-7-14(23-8-13)19(27)24-12-5-3-4-11(6-12)21(29)30;/h3-6,9-10,13-16,23,26H,7-8H2,1-2H3,(H,24,27)(H,29,30)(H,31,32);/q;+1/t9-,10-,13+,14+,15-,16+;/m1./s1. The number of carbonyl (C=O) groups excluding carboxylic acids is 2. The third-order valence-electron chi connectivity index (χ3n) is 6.39. The van der Waals surface area contributed by atoms with Gasteiger partial charge in [-0.1, -0.05) is 13.0 Å². The monoisotopic (exact) mass is 498 g/mol.